The second-order valence-electron chi connectivity index (χ2n) is 4.62. The van der Waals surface area contributed by atoms with Gasteiger partial charge in [0, 0.05) is 10.7 Å². The minimum absolute atomic E-state index is 0.0438. The van der Waals surface area contributed by atoms with E-state index in [1.807, 2.05) is 6.92 Å². The van der Waals surface area contributed by atoms with Crippen LogP contribution in [0.4, 0.5) is 0 Å². The molecule has 1 N–H and O–H groups in total. The summed E-state index contributed by atoms with van der Waals surface area (Å²) in [6, 6.07) is 5.30. The molecule has 0 radical (unpaired) electrons. The van der Waals surface area contributed by atoms with Crippen LogP contribution in [0, 0.1) is 6.92 Å². The summed E-state index contributed by atoms with van der Waals surface area (Å²) in [5.41, 5.74) is 4.51. The van der Waals surface area contributed by atoms with Crippen molar-refractivity contribution in [3.8, 4) is 5.75 Å². The van der Waals surface area contributed by atoms with Crippen LogP contribution in [-0.2, 0) is 4.79 Å². The van der Waals surface area contributed by atoms with Crippen molar-refractivity contribution in [3.63, 3.8) is 0 Å². The van der Waals surface area contributed by atoms with Crippen molar-refractivity contribution in [3.05, 3.63) is 28.8 Å². The van der Waals surface area contributed by atoms with Crippen LogP contribution in [0.25, 0.3) is 0 Å². The van der Waals surface area contributed by atoms with Gasteiger partial charge >= 0.3 is 0 Å². The van der Waals surface area contributed by atoms with Crippen LogP contribution >= 0.6 is 11.6 Å². The lowest BCUT2D eigenvalue weighted by Crippen LogP contribution is -2.25. The number of hydrogen-bond donors (Lipinski definition) is 1. The van der Waals surface area contributed by atoms with Crippen molar-refractivity contribution >= 4 is 23.2 Å². The maximum absolute atomic E-state index is 11.6. The van der Waals surface area contributed by atoms with Crippen molar-refractivity contribution in [1.29, 1.82) is 0 Å². The monoisotopic (exact) mass is 280 g/mol. The molecule has 19 heavy (non-hydrogen) atoms. The molecule has 0 atom stereocenters. The zero-order valence-corrected chi connectivity index (χ0v) is 11.7. The number of benzene rings is 1. The van der Waals surface area contributed by atoms with E-state index >= 15 is 0 Å². The Labute approximate surface area is 117 Å². The van der Waals surface area contributed by atoms with Gasteiger partial charge in [-0.1, -0.05) is 11.6 Å². The fraction of sp³-hybridized carbons (Fsp3) is 0.429. The van der Waals surface area contributed by atoms with Crippen LogP contribution in [0.1, 0.15) is 31.2 Å². The van der Waals surface area contributed by atoms with Crippen LogP contribution in [0.15, 0.2) is 23.3 Å². The average Bonchev–Trinajstić information content (AvgIpc) is 2.91. The Hall–Kier alpha value is -1.55. The number of aryl methyl sites for hydroxylation is 1. The third-order valence-electron chi connectivity index (χ3n) is 3.02. The Morgan fingerprint density at radius 2 is 2.16 bits per heavy atom. The number of carbonyl (C=O) groups excluding carboxylic acids is 1. The topological polar surface area (TPSA) is 50.7 Å². The number of carbonyl (C=O) groups is 1. The number of nitrogens with zero attached hydrogens (tertiary/aromatic N) is 1. The lowest BCUT2D eigenvalue weighted by atomic mass is 10.2. The summed E-state index contributed by atoms with van der Waals surface area (Å²) in [5.74, 6) is 0.387. The largest absolute Gasteiger partial charge is 0.484 e. The molecule has 1 saturated carbocycles. The summed E-state index contributed by atoms with van der Waals surface area (Å²) in [6.07, 6.45) is 4.29. The van der Waals surface area contributed by atoms with E-state index in [9.17, 15) is 4.79 Å². The van der Waals surface area contributed by atoms with Crippen LogP contribution in [-0.4, -0.2) is 18.2 Å². The smallest absolute Gasteiger partial charge is 0.277 e. The highest BCUT2D eigenvalue weighted by Crippen LogP contribution is 2.20. The lowest BCUT2D eigenvalue weighted by molar-refractivity contribution is -0.123. The summed E-state index contributed by atoms with van der Waals surface area (Å²) in [7, 11) is 0. The summed E-state index contributed by atoms with van der Waals surface area (Å²) in [6.45, 7) is 1.85. The van der Waals surface area contributed by atoms with Gasteiger partial charge in [-0.25, -0.2) is 5.43 Å². The molecule has 1 fully saturated rings. The Morgan fingerprint density at radius 1 is 1.42 bits per heavy atom. The first-order chi connectivity index (χ1) is 9.15. The maximum Gasteiger partial charge on any atom is 0.277 e. The second kappa shape index (κ2) is 6.57. The zero-order chi connectivity index (χ0) is 13.7. The molecule has 1 amide bonds. The Balaban J connectivity index is 1.79. The van der Waals surface area contributed by atoms with E-state index in [-0.39, 0.29) is 12.5 Å². The van der Waals surface area contributed by atoms with Crippen molar-refractivity contribution in [2.45, 2.75) is 32.6 Å². The van der Waals surface area contributed by atoms with E-state index in [0.717, 1.165) is 37.0 Å². The van der Waals surface area contributed by atoms with E-state index in [2.05, 4.69) is 10.5 Å². The van der Waals surface area contributed by atoms with Gasteiger partial charge in [-0.2, -0.15) is 5.10 Å². The predicted molar refractivity (Wildman–Crippen MR) is 75.7 cm³/mol. The highest BCUT2D eigenvalue weighted by molar-refractivity contribution is 6.31. The zero-order valence-electron chi connectivity index (χ0n) is 10.9. The molecule has 1 aliphatic carbocycles. The van der Waals surface area contributed by atoms with Gasteiger partial charge in [0.25, 0.3) is 5.91 Å². The van der Waals surface area contributed by atoms with E-state index in [4.69, 9.17) is 16.3 Å². The van der Waals surface area contributed by atoms with Crippen LogP contribution in [0.2, 0.25) is 5.02 Å². The predicted octanol–water partition coefficient (Wildman–Crippen LogP) is 3.07. The molecular weight excluding hydrogens is 264 g/mol. The summed E-state index contributed by atoms with van der Waals surface area (Å²) in [4.78, 5) is 11.6. The molecule has 0 aliphatic heterocycles. The quantitative estimate of drug-likeness (QED) is 0.862. The standard InChI is InChI=1S/C14H17ClN2O2/c1-10-8-12(6-7-13(10)15)19-9-14(18)17-16-11-4-2-3-5-11/h6-8H,2-5,9H2,1H3,(H,17,18). The van der Waals surface area contributed by atoms with Gasteiger partial charge in [0.1, 0.15) is 5.75 Å². The van der Waals surface area contributed by atoms with Gasteiger partial charge in [0.2, 0.25) is 0 Å². The highest BCUT2D eigenvalue weighted by Gasteiger charge is 2.09. The van der Waals surface area contributed by atoms with Crippen LogP contribution < -0.4 is 10.2 Å². The van der Waals surface area contributed by atoms with E-state index < -0.39 is 0 Å². The van der Waals surface area contributed by atoms with Crippen molar-refractivity contribution < 1.29 is 9.53 Å². The molecule has 0 bridgehead atoms. The molecular formula is C14H17ClN2O2. The molecule has 0 aromatic heterocycles. The highest BCUT2D eigenvalue weighted by atomic mass is 35.5. The molecule has 5 heteroatoms. The third kappa shape index (κ3) is 4.24. The Morgan fingerprint density at radius 3 is 2.84 bits per heavy atom. The molecule has 4 nitrogen and oxygen atoms in total. The summed E-state index contributed by atoms with van der Waals surface area (Å²) < 4.78 is 5.38. The SMILES string of the molecule is Cc1cc(OCC(=O)NN=C2CCCC2)ccc1Cl. The third-order valence-corrected chi connectivity index (χ3v) is 3.44. The molecule has 1 aromatic carbocycles. The number of amides is 1. The molecule has 1 aromatic rings. The number of hydrogen-bond acceptors (Lipinski definition) is 3. The molecule has 0 unspecified atom stereocenters. The van der Waals surface area contributed by atoms with Crippen LogP contribution in [0.3, 0.4) is 0 Å². The minimum Gasteiger partial charge on any atom is -0.484 e. The first-order valence-corrected chi connectivity index (χ1v) is 6.76. The van der Waals surface area contributed by atoms with Crippen molar-refractivity contribution in [2.75, 3.05) is 6.61 Å². The molecule has 1 aliphatic rings. The van der Waals surface area contributed by atoms with Gasteiger partial charge in [-0.05, 0) is 56.4 Å². The lowest BCUT2D eigenvalue weighted by Gasteiger charge is -2.07. The Bertz CT molecular complexity index is 492. The van der Waals surface area contributed by atoms with Gasteiger partial charge in [-0.3, -0.25) is 4.79 Å². The normalized spacial score (nSPS) is 14.3. The van der Waals surface area contributed by atoms with Gasteiger partial charge in [0.15, 0.2) is 6.61 Å². The second-order valence-corrected chi connectivity index (χ2v) is 5.03. The fourth-order valence-electron chi connectivity index (χ4n) is 1.92. The molecule has 0 spiro atoms. The average molecular weight is 281 g/mol. The first-order valence-electron chi connectivity index (χ1n) is 6.38. The maximum atomic E-state index is 11.6. The molecule has 0 saturated heterocycles. The summed E-state index contributed by atoms with van der Waals surface area (Å²) in [5, 5.41) is 4.77. The molecule has 0 heterocycles. The van der Waals surface area contributed by atoms with E-state index in [1.54, 1.807) is 18.2 Å². The summed E-state index contributed by atoms with van der Waals surface area (Å²) >= 11 is 5.91. The molecule has 2 rings (SSSR count). The van der Waals surface area contributed by atoms with E-state index in [1.165, 1.54) is 0 Å². The number of hydrazone groups is 1. The van der Waals surface area contributed by atoms with E-state index in [0.29, 0.717) is 10.8 Å². The first kappa shape index (κ1) is 13.9. The fourth-order valence-corrected chi connectivity index (χ4v) is 2.04. The van der Waals surface area contributed by atoms with Crippen molar-refractivity contribution in [1.82, 2.24) is 5.43 Å². The number of ether oxygens (including phenoxy) is 1. The number of nitrogens with one attached hydrogen (secondary N) is 1. The molecule has 102 valence electrons. The minimum atomic E-state index is -0.244. The van der Waals surface area contributed by atoms with Gasteiger partial charge in [0.05, 0.1) is 0 Å². The number of halogens is 1. The van der Waals surface area contributed by atoms with Crippen molar-refractivity contribution in [2.24, 2.45) is 5.10 Å². The Kier molecular flexibility index (Phi) is 4.80. The number of rotatable bonds is 4. The van der Waals surface area contributed by atoms with Gasteiger partial charge < -0.3 is 4.74 Å². The van der Waals surface area contributed by atoms with Gasteiger partial charge in [-0.15, -0.1) is 0 Å². The van der Waals surface area contributed by atoms with Crippen LogP contribution in [0.5, 0.6) is 5.75 Å².